The standard InChI is InChI=1S/C30H29N3O5/c1-37-23-12-13-24-25-15-16-33(19-28(25)38-27(24)18-23)26(17-21-5-3-2-4-6-21)30(35)31-22-10-7-20(8-11-22)9-14-29(34)32-36/h2-14,18,26,36H,15-17,19H2,1H3,(H,31,35)(H,32,34)/b14-9+/t26-/m0/s1. The van der Waals surface area contributed by atoms with Crippen LogP contribution in [-0.2, 0) is 29.0 Å². The molecule has 0 saturated heterocycles. The van der Waals surface area contributed by atoms with Crippen LogP contribution in [0.15, 0.2) is 83.3 Å². The van der Waals surface area contributed by atoms with Crippen LogP contribution in [-0.4, -0.2) is 41.6 Å². The number of ether oxygens (including phenoxy) is 1. The van der Waals surface area contributed by atoms with Gasteiger partial charge in [0, 0.05) is 35.3 Å². The van der Waals surface area contributed by atoms with Gasteiger partial charge in [0.2, 0.25) is 5.91 Å². The van der Waals surface area contributed by atoms with E-state index in [1.54, 1.807) is 42.9 Å². The first kappa shape index (κ1) is 25.3. The summed E-state index contributed by atoms with van der Waals surface area (Å²) in [6.07, 6.45) is 4.15. The SMILES string of the molecule is COc1ccc2c3c(oc2c1)CN([C@@H](Cc1ccccc1)C(=O)Nc1ccc(/C=C/C(=O)NO)cc1)CC3. The minimum atomic E-state index is -0.612. The molecule has 4 aromatic rings. The van der Waals surface area contributed by atoms with Gasteiger partial charge in [-0.25, -0.2) is 5.48 Å². The lowest BCUT2D eigenvalue weighted by Gasteiger charge is -2.33. The average molecular weight is 512 g/mol. The van der Waals surface area contributed by atoms with Crippen molar-refractivity contribution in [1.82, 2.24) is 10.4 Å². The smallest absolute Gasteiger partial charge is 0.267 e. The summed E-state index contributed by atoms with van der Waals surface area (Å²) >= 11 is 0. The van der Waals surface area contributed by atoms with Gasteiger partial charge in [0.25, 0.3) is 5.91 Å². The van der Waals surface area contributed by atoms with Crippen molar-refractivity contribution < 1.29 is 24.0 Å². The number of fused-ring (bicyclic) bond motifs is 3. The lowest BCUT2D eigenvalue weighted by Crippen LogP contribution is -2.47. The van der Waals surface area contributed by atoms with Gasteiger partial charge in [0.05, 0.1) is 19.7 Å². The number of hydroxylamine groups is 1. The predicted molar refractivity (Wildman–Crippen MR) is 145 cm³/mol. The topological polar surface area (TPSA) is 104 Å². The van der Waals surface area contributed by atoms with E-state index in [9.17, 15) is 9.59 Å². The van der Waals surface area contributed by atoms with Crippen molar-refractivity contribution in [2.45, 2.75) is 25.4 Å². The van der Waals surface area contributed by atoms with Crippen molar-refractivity contribution in [2.24, 2.45) is 0 Å². The number of nitrogens with zero attached hydrogens (tertiary/aromatic N) is 1. The third kappa shape index (κ3) is 5.61. The van der Waals surface area contributed by atoms with Gasteiger partial charge in [-0.2, -0.15) is 0 Å². The Morgan fingerprint density at radius 1 is 1.11 bits per heavy atom. The summed E-state index contributed by atoms with van der Waals surface area (Å²) in [5, 5.41) is 12.8. The number of nitrogens with one attached hydrogen (secondary N) is 2. The van der Waals surface area contributed by atoms with E-state index in [-0.39, 0.29) is 5.91 Å². The van der Waals surface area contributed by atoms with Gasteiger partial charge >= 0.3 is 0 Å². The summed E-state index contributed by atoms with van der Waals surface area (Å²) in [6.45, 7) is 1.27. The largest absolute Gasteiger partial charge is 0.497 e. The summed E-state index contributed by atoms with van der Waals surface area (Å²) in [5.74, 6) is 0.922. The van der Waals surface area contributed by atoms with E-state index in [4.69, 9.17) is 14.4 Å². The molecule has 8 heteroatoms. The van der Waals surface area contributed by atoms with Crippen molar-refractivity contribution in [3.8, 4) is 5.75 Å². The number of carbonyl (C=O) groups excluding carboxylic acids is 2. The van der Waals surface area contributed by atoms with Crippen molar-refractivity contribution in [3.63, 3.8) is 0 Å². The van der Waals surface area contributed by atoms with Crippen LogP contribution < -0.4 is 15.5 Å². The van der Waals surface area contributed by atoms with Crippen molar-refractivity contribution in [1.29, 1.82) is 0 Å². The normalized spacial score (nSPS) is 14.3. The molecule has 0 bridgehead atoms. The number of methoxy groups -OCH3 is 1. The Hall–Kier alpha value is -4.40. The summed E-state index contributed by atoms with van der Waals surface area (Å²) in [7, 11) is 1.64. The monoisotopic (exact) mass is 511 g/mol. The highest BCUT2D eigenvalue weighted by Gasteiger charge is 2.32. The molecule has 1 aliphatic rings. The molecule has 1 aliphatic heterocycles. The molecule has 38 heavy (non-hydrogen) atoms. The molecule has 0 unspecified atom stereocenters. The van der Waals surface area contributed by atoms with Crippen LogP contribution in [0.1, 0.15) is 22.5 Å². The zero-order valence-corrected chi connectivity index (χ0v) is 21.0. The van der Waals surface area contributed by atoms with E-state index in [0.717, 1.165) is 46.6 Å². The van der Waals surface area contributed by atoms with Gasteiger partial charge in [-0.05, 0) is 54.3 Å². The number of furan rings is 1. The number of hydrogen-bond acceptors (Lipinski definition) is 6. The number of hydrogen-bond donors (Lipinski definition) is 3. The van der Waals surface area contributed by atoms with Crippen LogP contribution >= 0.6 is 0 Å². The van der Waals surface area contributed by atoms with Gasteiger partial charge in [0.1, 0.15) is 17.1 Å². The molecule has 1 aromatic heterocycles. The first-order valence-electron chi connectivity index (χ1n) is 12.4. The first-order chi connectivity index (χ1) is 18.5. The Kier molecular flexibility index (Phi) is 7.53. The second-order valence-electron chi connectivity index (χ2n) is 9.21. The number of amides is 2. The maximum Gasteiger partial charge on any atom is 0.267 e. The average Bonchev–Trinajstić information content (AvgIpc) is 3.32. The van der Waals surface area contributed by atoms with Crippen molar-refractivity contribution in [2.75, 3.05) is 19.0 Å². The van der Waals surface area contributed by atoms with E-state index in [0.29, 0.717) is 18.7 Å². The molecule has 5 rings (SSSR count). The number of benzene rings is 3. The second kappa shape index (κ2) is 11.3. The van der Waals surface area contributed by atoms with Gasteiger partial charge < -0.3 is 14.5 Å². The van der Waals surface area contributed by atoms with E-state index < -0.39 is 11.9 Å². The van der Waals surface area contributed by atoms with Crippen molar-refractivity contribution >= 4 is 34.5 Å². The third-order valence-corrected chi connectivity index (χ3v) is 6.81. The van der Waals surface area contributed by atoms with Gasteiger partial charge in [-0.3, -0.25) is 19.7 Å². The lowest BCUT2D eigenvalue weighted by atomic mass is 9.98. The Labute approximate surface area is 220 Å². The summed E-state index contributed by atoms with van der Waals surface area (Å²) in [4.78, 5) is 27.0. The van der Waals surface area contributed by atoms with Crippen LogP contribution in [0.4, 0.5) is 5.69 Å². The molecule has 0 radical (unpaired) electrons. The number of rotatable bonds is 8. The molecule has 3 aromatic carbocycles. The maximum atomic E-state index is 13.6. The zero-order chi connectivity index (χ0) is 26.5. The third-order valence-electron chi connectivity index (χ3n) is 6.81. The molecule has 0 spiro atoms. The highest BCUT2D eigenvalue weighted by molar-refractivity contribution is 5.95. The molecule has 194 valence electrons. The Morgan fingerprint density at radius 2 is 1.89 bits per heavy atom. The molecule has 0 fully saturated rings. The Morgan fingerprint density at radius 3 is 2.63 bits per heavy atom. The van der Waals surface area contributed by atoms with Gasteiger partial charge in [-0.15, -0.1) is 0 Å². The molecule has 1 atom stereocenters. The zero-order valence-electron chi connectivity index (χ0n) is 21.0. The fourth-order valence-corrected chi connectivity index (χ4v) is 4.83. The molecule has 0 saturated carbocycles. The predicted octanol–water partition coefficient (Wildman–Crippen LogP) is 4.57. The van der Waals surface area contributed by atoms with Crippen molar-refractivity contribution in [3.05, 3.63) is 101 Å². The second-order valence-corrected chi connectivity index (χ2v) is 9.21. The highest BCUT2D eigenvalue weighted by atomic mass is 16.5. The van der Waals surface area contributed by atoms with Gasteiger partial charge in [-0.1, -0.05) is 42.5 Å². The van der Waals surface area contributed by atoms with E-state index in [1.165, 1.54) is 11.6 Å². The number of carbonyl (C=O) groups is 2. The van der Waals surface area contributed by atoms with Crippen LogP contribution in [0, 0.1) is 0 Å². The van der Waals surface area contributed by atoms with Crippen LogP contribution in [0.2, 0.25) is 0 Å². The van der Waals surface area contributed by atoms with Crippen LogP contribution in [0.3, 0.4) is 0 Å². The fraction of sp³-hybridized carbons (Fsp3) is 0.200. The highest BCUT2D eigenvalue weighted by Crippen LogP contribution is 2.33. The van der Waals surface area contributed by atoms with Gasteiger partial charge in [0.15, 0.2) is 0 Å². The number of anilines is 1. The molecule has 3 N–H and O–H groups in total. The molecular formula is C30H29N3O5. The minimum absolute atomic E-state index is 0.0990. The molecule has 2 heterocycles. The lowest BCUT2D eigenvalue weighted by molar-refractivity contribution is -0.124. The Bertz CT molecular complexity index is 1460. The van der Waals surface area contributed by atoms with E-state index in [1.807, 2.05) is 48.5 Å². The minimum Gasteiger partial charge on any atom is -0.497 e. The maximum absolute atomic E-state index is 13.6. The fourth-order valence-electron chi connectivity index (χ4n) is 4.83. The molecule has 2 amide bonds. The molecular weight excluding hydrogens is 482 g/mol. The van der Waals surface area contributed by atoms with E-state index >= 15 is 0 Å². The summed E-state index contributed by atoms with van der Waals surface area (Å²) in [6, 6.07) is 22.6. The molecule has 8 nitrogen and oxygen atoms in total. The Balaban J connectivity index is 1.36. The molecule has 0 aliphatic carbocycles. The summed E-state index contributed by atoms with van der Waals surface area (Å²) in [5.41, 5.74) is 6.04. The first-order valence-corrected chi connectivity index (χ1v) is 12.4. The van der Waals surface area contributed by atoms with E-state index in [2.05, 4.69) is 10.2 Å². The van der Waals surface area contributed by atoms with Crippen LogP contribution in [0.25, 0.3) is 17.0 Å². The quantitative estimate of drug-likeness (QED) is 0.182. The van der Waals surface area contributed by atoms with Crippen LogP contribution in [0.5, 0.6) is 5.75 Å². The summed E-state index contributed by atoms with van der Waals surface area (Å²) < 4.78 is 11.6.